The summed E-state index contributed by atoms with van der Waals surface area (Å²) in [7, 11) is 0. The Kier molecular flexibility index (Phi) is 8.00. The molecule has 3 N–H and O–H groups in total. The van der Waals surface area contributed by atoms with Crippen LogP contribution in [0.3, 0.4) is 0 Å². The second-order valence-corrected chi connectivity index (χ2v) is 9.72. The predicted octanol–water partition coefficient (Wildman–Crippen LogP) is 4.05. The second-order valence-electron chi connectivity index (χ2n) is 8.18. The Morgan fingerprint density at radius 2 is 2.04 bits per heavy atom. The van der Waals surface area contributed by atoms with E-state index in [1.165, 1.54) is 5.56 Å². The highest BCUT2D eigenvalue weighted by Gasteiger charge is 2.44. The van der Waals surface area contributed by atoms with E-state index >= 15 is 0 Å². The molecule has 2 fully saturated rings. The standard InChI is InChI=1S/C23H32O4S/c24-17(10-9-16-5-2-1-3-6-16)11-13-19-20-14-12-18(7-4-8-23(26)27)28-22(20)15-21(19)25/h1-3,5-6,11,13,17-22,24-25H,4,7-10,12,14-15H2,(H,26,27)/t17-,18+,19+,20+,21+,22-/m0/s1. The molecule has 6 atom stereocenters. The fourth-order valence-electron chi connectivity index (χ4n) is 4.61. The molecule has 1 aromatic rings. The minimum Gasteiger partial charge on any atom is -0.481 e. The van der Waals surface area contributed by atoms with Crippen molar-refractivity contribution in [2.45, 2.75) is 74.1 Å². The maximum atomic E-state index is 10.7. The zero-order chi connectivity index (χ0) is 19.9. The van der Waals surface area contributed by atoms with Gasteiger partial charge in [-0.2, -0.15) is 11.8 Å². The first-order valence-electron chi connectivity index (χ1n) is 10.5. The minimum atomic E-state index is -0.717. The lowest BCUT2D eigenvalue weighted by molar-refractivity contribution is -0.137. The van der Waals surface area contributed by atoms with Gasteiger partial charge in [0.15, 0.2) is 0 Å². The number of aliphatic hydroxyl groups is 2. The van der Waals surface area contributed by atoms with Gasteiger partial charge >= 0.3 is 5.97 Å². The van der Waals surface area contributed by atoms with Crippen molar-refractivity contribution >= 4 is 17.7 Å². The third-order valence-electron chi connectivity index (χ3n) is 6.12. The van der Waals surface area contributed by atoms with E-state index in [4.69, 9.17) is 5.11 Å². The maximum absolute atomic E-state index is 10.7. The van der Waals surface area contributed by atoms with Gasteiger partial charge in [0.1, 0.15) is 0 Å². The molecule has 1 saturated carbocycles. The number of carboxylic acid groups (broad SMARTS) is 1. The molecule has 1 saturated heterocycles. The number of aliphatic carboxylic acids is 1. The van der Waals surface area contributed by atoms with Gasteiger partial charge in [0.2, 0.25) is 0 Å². The van der Waals surface area contributed by atoms with E-state index in [0.717, 1.165) is 38.5 Å². The van der Waals surface area contributed by atoms with Gasteiger partial charge < -0.3 is 15.3 Å². The van der Waals surface area contributed by atoms with Crippen LogP contribution in [-0.4, -0.2) is 44.0 Å². The summed E-state index contributed by atoms with van der Waals surface area (Å²) in [6.45, 7) is 0. The summed E-state index contributed by atoms with van der Waals surface area (Å²) in [5.41, 5.74) is 1.23. The Labute approximate surface area is 172 Å². The molecule has 0 unspecified atom stereocenters. The topological polar surface area (TPSA) is 77.8 Å². The van der Waals surface area contributed by atoms with E-state index in [1.807, 2.05) is 36.0 Å². The molecular weight excluding hydrogens is 372 g/mol. The number of aryl methyl sites for hydroxylation is 1. The number of hydrogen-bond donors (Lipinski definition) is 3. The number of aliphatic hydroxyl groups excluding tert-OH is 2. The van der Waals surface area contributed by atoms with Crippen LogP contribution >= 0.6 is 11.8 Å². The fourth-order valence-corrected chi connectivity index (χ4v) is 6.50. The average molecular weight is 405 g/mol. The molecular formula is C23H32O4S. The Morgan fingerprint density at radius 3 is 2.79 bits per heavy atom. The summed E-state index contributed by atoms with van der Waals surface area (Å²) in [5.74, 6) is -0.122. The molecule has 1 heterocycles. The molecule has 0 bridgehead atoms. The van der Waals surface area contributed by atoms with Gasteiger partial charge in [-0.15, -0.1) is 0 Å². The highest BCUT2D eigenvalue weighted by molar-refractivity contribution is 8.00. The van der Waals surface area contributed by atoms with E-state index < -0.39 is 12.1 Å². The molecule has 154 valence electrons. The van der Waals surface area contributed by atoms with Gasteiger partial charge in [-0.25, -0.2) is 0 Å². The smallest absolute Gasteiger partial charge is 0.303 e. The summed E-state index contributed by atoms with van der Waals surface area (Å²) < 4.78 is 0. The predicted molar refractivity (Wildman–Crippen MR) is 113 cm³/mol. The fraction of sp³-hybridized carbons (Fsp3) is 0.609. The Hall–Kier alpha value is -1.30. The number of thioether (sulfide) groups is 1. The highest BCUT2D eigenvalue weighted by atomic mass is 32.2. The molecule has 0 aromatic heterocycles. The molecule has 1 aromatic carbocycles. The summed E-state index contributed by atoms with van der Waals surface area (Å²) in [4.78, 5) is 10.7. The van der Waals surface area contributed by atoms with Gasteiger partial charge in [-0.3, -0.25) is 4.79 Å². The van der Waals surface area contributed by atoms with E-state index in [0.29, 0.717) is 22.8 Å². The number of carbonyl (C=O) groups is 1. The van der Waals surface area contributed by atoms with Crippen LogP contribution in [0.2, 0.25) is 0 Å². The van der Waals surface area contributed by atoms with Crippen molar-refractivity contribution in [1.29, 1.82) is 0 Å². The number of benzene rings is 1. The van der Waals surface area contributed by atoms with Crippen LogP contribution in [0.15, 0.2) is 42.5 Å². The first-order valence-corrected chi connectivity index (χ1v) is 11.4. The van der Waals surface area contributed by atoms with Gasteiger partial charge in [-0.1, -0.05) is 42.5 Å². The third-order valence-corrected chi connectivity index (χ3v) is 7.87. The third kappa shape index (κ3) is 6.10. The van der Waals surface area contributed by atoms with Crippen LogP contribution in [-0.2, 0) is 11.2 Å². The first kappa shape index (κ1) is 21.4. The van der Waals surface area contributed by atoms with Crippen molar-refractivity contribution in [2.24, 2.45) is 11.8 Å². The Balaban J connectivity index is 1.46. The second kappa shape index (κ2) is 10.5. The van der Waals surface area contributed by atoms with Crippen LogP contribution in [0, 0.1) is 11.8 Å². The van der Waals surface area contributed by atoms with E-state index in [9.17, 15) is 15.0 Å². The summed E-state index contributed by atoms with van der Waals surface area (Å²) >= 11 is 1.95. The molecule has 28 heavy (non-hydrogen) atoms. The quantitative estimate of drug-likeness (QED) is 0.541. The molecule has 1 aliphatic heterocycles. The largest absolute Gasteiger partial charge is 0.481 e. The summed E-state index contributed by atoms with van der Waals surface area (Å²) in [6.07, 6.45) is 9.58. The molecule has 0 amide bonds. The minimum absolute atomic E-state index is 0.129. The lowest BCUT2D eigenvalue weighted by atomic mass is 9.88. The Morgan fingerprint density at radius 1 is 1.25 bits per heavy atom. The van der Waals surface area contributed by atoms with Crippen molar-refractivity contribution in [2.75, 3.05) is 0 Å². The number of fused-ring (bicyclic) bond motifs is 1. The molecule has 2 aliphatic rings. The van der Waals surface area contributed by atoms with Gasteiger partial charge in [0.25, 0.3) is 0 Å². The molecule has 0 spiro atoms. The van der Waals surface area contributed by atoms with Crippen LogP contribution in [0.25, 0.3) is 0 Å². The lowest BCUT2D eigenvalue weighted by Crippen LogP contribution is -2.26. The van der Waals surface area contributed by atoms with E-state index in [-0.39, 0.29) is 18.4 Å². The average Bonchev–Trinajstić information content (AvgIpc) is 2.99. The summed E-state index contributed by atoms with van der Waals surface area (Å²) in [6, 6.07) is 10.2. The molecule has 3 rings (SSSR count). The van der Waals surface area contributed by atoms with Crippen LogP contribution in [0.4, 0.5) is 0 Å². The first-order chi connectivity index (χ1) is 13.5. The normalized spacial score (nSPS) is 31.0. The van der Waals surface area contributed by atoms with Crippen LogP contribution in [0.1, 0.15) is 50.5 Å². The lowest BCUT2D eigenvalue weighted by Gasteiger charge is -2.33. The van der Waals surface area contributed by atoms with Gasteiger partial charge in [0.05, 0.1) is 12.2 Å². The van der Waals surface area contributed by atoms with E-state index in [1.54, 1.807) is 0 Å². The number of carboxylic acids is 1. The zero-order valence-electron chi connectivity index (χ0n) is 16.3. The van der Waals surface area contributed by atoms with Gasteiger partial charge in [-0.05, 0) is 56.4 Å². The van der Waals surface area contributed by atoms with Crippen molar-refractivity contribution in [3.05, 3.63) is 48.0 Å². The molecule has 0 radical (unpaired) electrons. The highest BCUT2D eigenvalue weighted by Crippen LogP contribution is 2.49. The SMILES string of the molecule is O=C(O)CCC[C@@H]1CC[C@@H]2[C@@H](C=C[C@@H](O)CCc3ccccc3)[C@H](O)C[C@@H]2S1. The van der Waals surface area contributed by atoms with Gasteiger partial charge in [0, 0.05) is 22.8 Å². The molecule has 1 aliphatic carbocycles. The van der Waals surface area contributed by atoms with Crippen molar-refractivity contribution in [3.63, 3.8) is 0 Å². The Bertz CT molecular complexity index is 647. The van der Waals surface area contributed by atoms with E-state index in [2.05, 4.69) is 18.2 Å². The monoisotopic (exact) mass is 404 g/mol. The van der Waals surface area contributed by atoms with Crippen molar-refractivity contribution in [3.8, 4) is 0 Å². The molecule has 5 heteroatoms. The zero-order valence-corrected chi connectivity index (χ0v) is 17.1. The summed E-state index contributed by atoms with van der Waals surface area (Å²) in [5, 5.41) is 30.6. The van der Waals surface area contributed by atoms with Crippen molar-refractivity contribution in [1.82, 2.24) is 0 Å². The molecule has 4 nitrogen and oxygen atoms in total. The maximum Gasteiger partial charge on any atom is 0.303 e. The number of rotatable bonds is 9. The van der Waals surface area contributed by atoms with Crippen LogP contribution in [0.5, 0.6) is 0 Å². The number of hydrogen-bond acceptors (Lipinski definition) is 4. The van der Waals surface area contributed by atoms with Crippen LogP contribution < -0.4 is 0 Å². The van der Waals surface area contributed by atoms with Crippen molar-refractivity contribution < 1.29 is 20.1 Å².